The Morgan fingerprint density at radius 2 is 1.72 bits per heavy atom. The van der Waals surface area contributed by atoms with Gasteiger partial charge in [-0.1, -0.05) is 13.8 Å². The zero-order valence-corrected chi connectivity index (χ0v) is 12.1. The van der Waals surface area contributed by atoms with Crippen LogP contribution in [0.1, 0.15) is 65.7 Å². The smallest absolute Gasteiger partial charge is 0.220 e. The number of rotatable bonds is 3. The molecule has 2 heteroatoms. The molecular weight excluding hydrogens is 222 g/mol. The summed E-state index contributed by atoms with van der Waals surface area (Å²) < 4.78 is 0. The van der Waals surface area contributed by atoms with Crippen LogP contribution >= 0.6 is 0 Å². The first-order valence-electron chi connectivity index (χ1n) is 7.63. The second kappa shape index (κ2) is 3.74. The quantitative estimate of drug-likeness (QED) is 0.815. The largest absolute Gasteiger partial charge is 0.356 e. The number of nitrogens with one attached hydrogen (secondary N) is 1. The third-order valence-corrected chi connectivity index (χ3v) is 5.65. The molecule has 4 saturated carbocycles. The molecule has 4 bridgehead atoms. The van der Waals surface area contributed by atoms with Gasteiger partial charge in [0.15, 0.2) is 0 Å². The molecule has 0 spiro atoms. The minimum absolute atomic E-state index is 0.284. The highest BCUT2D eigenvalue weighted by molar-refractivity contribution is 5.76. The van der Waals surface area contributed by atoms with Crippen molar-refractivity contribution >= 4 is 5.91 Å². The summed E-state index contributed by atoms with van der Waals surface area (Å²) >= 11 is 0. The van der Waals surface area contributed by atoms with Crippen LogP contribution in [0.15, 0.2) is 0 Å². The van der Waals surface area contributed by atoms with Gasteiger partial charge in [0.05, 0.1) is 0 Å². The third kappa shape index (κ3) is 1.98. The van der Waals surface area contributed by atoms with Crippen molar-refractivity contribution in [3.05, 3.63) is 0 Å². The van der Waals surface area contributed by atoms with E-state index < -0.39 is 0 Å². The Kier molecular flexibility index (Phi) is 2.60. The molecule has 0 radical (unpaired) electrons. The van der Waals surface area contributed by atoms with E-state index >= 15 is 0 Å². The molecule has 0 aromatic carbocycles. The number of carbonyl (C=O) groups excluding carboxylic acids is 1. The van der Waals surface area contributed by atoms with Crippen LogP contribution in [-0.2, 0) is 4.79 Å². The van der Waals surface area contributed by atoms with Gasteiger partial charge in [0.25, 0.3) is 0 Å². The van der Waals surface area contributed by atoms with E-state index in [1.54, 1.807) is 0 Å². The third-order valence-electron chi connectivity index (χ3n) is 5.65. The molecule has 2 unspecified atom stereocenters. The van der Waals surface area contributed by atoms with Gasteiger partial charge in [0.2, 0.25) is 5.91 Å². The van der Waals surface area contributed by atoms with Crippen LogP contribution in [0.2, 0.25) is 0 Å². The van der Waals surface area contributed by atoms with Crippen molar-refractivity contribution < 1.29 is 4.79 Å². The Bertz CT molecular complexity index is 357. The summed E-state index contributed by atoms with van der Waals surface area (Å²) in [4.78, 5) is 12.0. The van der Waals surface area contributed by atoms with Crippen molar-refractivity contribution in [2.75, 3.05) is 6.54 Å². The maximum atomic E-state index is 12.0. The second-order valence-electron chi connectivity index (χ2n) is 8.26. The summed E-state index contributed by atoms with van der Waals surface area (Å²) in [5.41, 5.74) is 1.39. The predicted octanol–water partition coefficient (Wildman–Crippen LogP) is 3.51. The molecule has 4 fully saturated rings. The van der Waals surface area contributed by atoms with Crippen molar-refractivity contribution in [3.63, 3.8) is 0 Å². The topological polar surface area (TPSA) is 29.1 Å². The van der Waals surface area contributed by atoms with Crippen LogP contribution in [0.25, 0.3) is 0 Å². The highest BCUT2D eigenvalue weighted by Crippen LogP contribution is 2.70. The standard InChI is InChI=1S/C16H27NO/c1-4-17-13(18)8-16-7-12-5-14(2,10-16)9-15(3,6-12)11-16/h12H,4-11H2,1-3H3,(H,17,18). The Morgan fingerprint density at radius 3 is 2.22 bits per heavy atom. The lowest BCUT2D eigenvalue weighted by atomic mass is 9.40. The summed E-state index contributed by atoms with van der Waals surface area (Å²) in [7, 11) is 0. The number of carbonyl (C=O) groups is 1. The van der Waals surface area contributed by atoms with Crippen molar-refractivity contribution in [1.82, 2.24) is 5.32 Å². The molecule has 102 valence electrons. The molecule has 4 aliphatic rings. The molecule has 4 rings (SSSR count). The van der Waals surface area contributed by atoms with Crippen molar-refractivity contribution in [2.24, 2.45) is 22.2 Å². The van der Waals surface area contributed by atoms with Crippen LogP contribution < -0.4 is 5.32 Å². The fourth-order valence-corrected chi connectivity index (χ4v) is 6.48. The Labute approximate surface area is 111 Å². The lowest BCUT2D eigenvalue weighted by Gasteiger charge is -2.65. The molecule has 0 heterocycles. The first-order valence-corrected chi connectivity index (χ1v) is 7.63. The van der Waals surface area contributed by atoms with Gasteiger partial charge in [0, 0.05) is 13.0 Å². The summed E-state index contributed by atoms with van der Waals surface area (Å²) in [6.45, 7) is 7.73. The lowest BCUT2D eigenvalue weighted by molar-refractivity contribution is -0.155. The van der Waals surface area contributed by atoms with Gasteiger partial charge >= 0.3 is 0 Å². The predicted molar refractivity (Wildman–Crippen MR) is 73.1 cm³/mol. The van der Waals surface area contributed by atoms with Crippen LogP contribution in [0.4, 0.5) is 0 Å². The van der Waals surface area contributed by atoms with Gasteiger partial charge in [-0.25, -0.2) is 0 Å². The molecule has 0 saturated heterocycles. The SMILES string of the molecule is CCNC(=O)CC12CC3CC(C)(CC(C)(C3)C1)C2. The molecular formula is C16H27NO. The fraction of sp³-hybridized carbons (Fsp3) is 0.938. The Hall–Kier alpha value is -0.530. The van der Waals surface area contributed by atoms with Crippen LogP contribution in [0.5, 0.6) is 0 Å². The van der Waals surface area contributed by atoms with E-state index in [0.29, 0.717) is 16.2 Å². The average Bonchev–Trinajstić information content (AvgIpc) is 2.09. The highest BCUT2D eigenvalue weighted by Gasteiger charge is 2.60. The summed E-state index contributed by atoms with van der Waals surface area (Å²) in [6, 6.07) is 0. The van der Waals surface area contributed by atoms with E-state index in [4.69, 9.17) is 0 Å². The van der Waals surface area contributed by atoms with Crippen LogP contribution in [0, 0.1) is 22.2 Å². The van der Waals surface area contributed by atoms with E-state index in [1.807, 2.05) is 6.92 Å². The summed E-state index contributed by atoms with van der Waals surface area (Å²) in [5, 5.41) is 3.01. The highest BCUT2D eigenvalue weighted by atomic mass is 16.1. The van der Waals surface area contributed by atoms with E-state index in [9.17, 15) is 4.79 Å². The van der Waals surface area contributed by atoms with Crippen molar-refractivity contribution in [1.29, 1.82) is 0 Å². The molecule has 0 aliphatic heterocycles. The molecule has 0 aromatic heterocycles. The molecule has 1 N–H and O–H groups in total. The summed E-state index contributed by atoms with van der Waals surface area (Å²) in [5.74, 6) is 1.18. The van der Waals surface area contributed by atoms with Gasteiger partial charge in [-0.05, 0) is 67.6 Å². The normalized spacial score (nSPS) is 49.4. The van der Waals surface area contributed by atoms with Gasteiger partial charge in [0.1, 0.15) is 0 Å². The molecule has 4 aliphatic carbocycles. The number of hydrogen-bond donors (Lipinski definition) is 1. The van der Waals surface area contributed by atoms with Gasteiger partial charge in [-0.2, -0.15) is 0 Å². The molecule has 18 heavy (non-hydrogen) atoms. The van der Waals surface area contributed by atoms with Gasteiger partial charge in [-0.3, -0.25) is 4.79 Å². The molecule has 0 aromatic rings. The maximum absolute atomic E-state index is 12.0. The Morgan fingerprint density at radius 1 is 1.11 bits per heavy atom. The lowest BCUT2D eigenvalue weighted by Crippen LogP contribution is -2.55. The van der Waals surface area contributed by atoms with Crippen LogP contribution in [-0.4, -0.2) is 12.5 Å². The number of amides is 1. The summed E-state index contributed by atoms with van der Waals surface area (Å²) in [6.07, 6.45) is 8.91. The number of hydrogen-bond acceptors (Lipinski definition) is 1. The van der Waals surface area contributed by atoms with E-state index in [1.165, 1.54) is 38.5 Å². The monoisotopic (exact) mass is 249 g/mol. The first-order chi connectivity index (χ1) is 8.36. The first kappa shape index (κ1) is 12.5. The second-order valence-corrected chi connectivity index (χ2v) is 8.26. The van der Waals surface area contributed by atoms with Crippen LogP contribution in [0.3, 0.4) is 0 Å². The molecule has 2 atom stereocenters. The average molecular weight is 249 g/mol. The zero-order chi connectivity index (χ0) is 13.0. The molecule has 2 nitrogen and oxygen atoms in total. The zero-order valence-electron chi connectivity index (χ0n) is 12.1. The maximum Gasteiger partial charge on any atom is 0.220 e. The van der Waals surface area contributed by atoms with Gasteiger partial charge in [-0.15, -0.1) is 0 Å². The van der Waals surface area contributed by atoms with E-state index in [2.05, 4.69) is 19.2 Å². The minimum Gasteiger partial charge on any atom is -0.356 e. The Balaban J connectivity index is 1.82. The van der Waals surface area contributed by atoms with E-state index in [-0.39, 0.29) is 5.91 Å². The van der Waals surface area contributed by atoms with Gasteiger partial charge < -0.3 is 5.32 Å². The van der Waals surface area contributed by atoms with E-state index in [0.717, 1.165) is 18.9 Å². The fourth-order valence-electron chi connectivity index (χ4n) is 6.48. The van der Waals surface area contributed by atoms with Crippen molar-refractivity contribution in [3.8, 4) is 0 Å². The molecule has 1 amide bonds. The van der Waals surface area contributed by atoms with Crippen molar-refractivity contribution in [2.45, 2.75) is 65.7 Å². The minimum atomic E-state index is 0.284.